The Balaban J connectivity index is 1.44. The van der Waals surface area contributed by atoms with Crippen molar-refractivity contribution in [1.82, 2.24) is 16.2 Å². The molecule has 6 heteroatoms. The molecule has 0 saturated heterocycles. The molecule has 2 aliphatic carbocycles. The standard InChI is InChI=1S/C14H19N3OS2/c1-8-2-5-12(20-8)13(18)16-17-14(19)15-11-7-9-3-4-10(11)6-9/h2,5,9-11H,3-4,6-7H2,1H3,(H,16,18)(H2,15,17,19). The van der Waals surface area contributed by atoms with E-state index in [9.17, 15) is 4.79 Å². The third-order valence-electron chi connectivity index (χ3n) is 4.31. The fourth-order valence-electron chi connectivity index (χ4n) is 3.36. The number of carbonyl (C=O) groups is 1. The van der Waals surface area contributed by atoms with E-state index in [0.29, 0.717) is 16.0 Å². The predicted molar refractivity (Wildman–Crippen MR) is 84.6 cm³/mol. The lowest BCUT2D eigenvalue weighted by molar-refractivity contribution is 0.0947. The Hall–Kier alpha value is -1.14. The first-order chi connectivity index (χ1) is 9.61. The van der Waals surface area contributed by atoms with Gasteiger partial charge < -0.3 is 5.32 Å². The van der Waals surface area contributed by atoms with Gasteiger partial charge in [0.1, 0.15) is 0 Å². The SMILES string of the molecule is Cc1ccc(C(=O)NNC(=S)NC2CC3CCC2C3)s1. The molecule has 0 aromatic carbocycles. The van der Waals surface area contributed by atoms with Gasteiger partial charge in [-0.05, 0) is 62.4 Å². The van der Waals surface area contributed by atoms with Crippen LogP contribution in [-0.2, 0) is 0 Å². The molecule has 20 heavy (non-hydrogen) atoms. The van der Waals surface area contributed by atoms with Gasteiger partial charge in [0.05, 0.1) is 4.88 Å². The largest absolute Gasteiger partial charge is 0.358 e. The number of thiocarbonyl (C=S) groups is 1. The number of thiophene rings is 1. The number of aryl methyl sites for hydroxylation is 1. The number of amides is 1. The van der Waals surface area contributed by atoms with Gasteiger partial charge in [-0.15, -0.1) is 11.3 Å². The Morgan fingerprint density at radius 3 is 2.75 bits per heavy atom. The molecule has 3 N–H and O–H groups in total. The van der Waals surface area contributed by atoms with Crippen molar-refractivity contribution in [2.75, 3.05) is 0 Å². The molecule has 3 atom stereocenters. The number of nitrogens with one attached hydrogen (secondary N) is 3. The van der Waals surface area contributed by atoms with Gasteiger partial charge in [-0.2, -0.15) is 0 Å². The van der Waals surface area contributed by atoms with Crippen molar-refractivity contribution in [3.63, 3.8) is 0 Å². The molecular weight excluding hydrogens is 290 g/mol. The Morgan fingerprint density at radius 1 is 1.30 bits per heavy atom. The second kappa shape index (κ2) is 5.69. The molecule has 1 heterocycles. The molecule has 3 unspecified atom stereocenters. The van der Waals surface area contributed by atoms with Gasteiger partial charge in [0.2, 0.25) is 0 Å². The fraction of sp³-hybridized carbons (Fsp3) is 0.571. The minimum Gasteiger partial charge on any atom is -0.358 e. The zero-order valence-corrected chi connectivity index (χ0v) is 13.1. The molecule has 2 fully saturated rings. The highest BCUT2D eigenvalue weighted by atomic mass is 32.1. The lowest BCUT2D eigenvalue weighted by Crippen LogP contribution is -2.50. The van der Waals surface area contributed by atoms with Crippen molar-refractivity contribution in [3.05, 3.63) is 21.9 Å². The van der Waals surface area contributed by atoms with Crippen LogP contribution < -0.4 is 16.2 Å². The molecule has 2 aliphatic rings. The van der Waals surface area contributed by atoms with E-state index in [4.69, 9.17) is 12.2 Å². The van der Waals surface area contributed by atoms with Crippen molar-refractivity contribution in [3.8, 4) is 0 Å². The van der Waals surface area contributed by atoms with Gasteiger partial charge in [-0.25, -0.2) is 0 Å². The van der Waals surface area contributed by atoms with Crippen LogP contribution in [0, 0.1) is 18.8 Å². The maximum Gasteiger partial charge on any atom is 0.279 e. The number of hydrogen-bond donors (Lipinski definition) is 3. The Morgan fingerprint density at radius 2 is 2.15 bits per heavy atom. The summed E-state index contributed by atoms with van der Waals surface area (Å²) in [5, 5.41) is 3.85. The molecule has 0 spiro atoms. The van der Waals surface area contributed by atoms with Gasteiger partial charge in [-0.3, -0.25) is 15.6 Å². The quantitative estimate of drug-likeness (QED) is 0.580. The summed E-state index contributed by atoms with van der Waals surface area (Å²) in [7, 11) is 0. The number of carbonyl (C=O) groups excluding carboxylic acids is 1. The summed E-state index contributed by atoms with van der Waals surface area (Å²) in [5.74, 6) is 1.50. The third kappa shape index (κ3) is 2.96. The first-order valence-electron chi connectivity index (χ1n) is 7.05. The molecule has 108 valence electrons. The smallest absolute Gasteiger partial charge is 0.279 e. The minimum atomic E-state index is -0.139. The van der Waals surface area contributed by atoms with Crippen LogP contribution >= 0.6 is 23.6 Å². The normalized spacial score (nSPS) is 27.4. The summed E-state index contributed by atoms with van der Waals surface area (Å²) in [5.41, 5.74) is 5.45. The summed E-state index contributed by atoms with van der Waals surface area (Å²) in [6, 6.07) is 4.24. The second-order valence-corrected chi connectivity index (χ2v) is 7.44. The average Bonchev–Trinajstić information content (AvgIpc) is 3.12. The summed E-state index contributed by atoms with van der Waals surface area (Å²) in [4.78, 5) is 13.7. The van der Waals surface area contributed by atoms with E-state index in [2.05, 4.69) is 16.2 Å². The van der Waals surface area contributed by atoms with Gasteiger partial charge in [-0.1, -0.05) is 6.42 Å². The Labute approximate surface area is 128 Å². The molecule has 0 aliphatic heterocycles. The number of hydrogen-bond acceptors (Lipinski definition) is 3. The first kappa shape index (κ1) is 13.8. The monoisotopic (exact) mass is 309 g/mol. The van der Waals surface area contributed by atoms with Gasteiger partial charge in [0.25, 0.3) is 5.91 Å². The topological polar surface area (TPSA) is 53.2 Å². The van der Waals surface area contributed by atoms with E-state index in [1.165, 1.54) is 37.0 Å². The summed E-state index contributed by atoms with van der Waals surface area (Å²) >= 11 is 6.72. The summed E-state index contributed by atoms with van der Waals surface area (Å²) in [6.45, 7) is 1.98. The molecule has 1 aromatic rings. The molecule has 0 radical (unpaired) electrons. The molecule has 3 rings (SSSR count). The van der Waals surface area contributed by atoms with E-state index in [-0.39, 0.29) is 5.91 Å². The van der Waals surface area contributed by atoms with Crippen LogP contribution in [0.2, 0.25) is 0 Å². The maximum absolute atomic E-state index is 11.9. The van der Waals surface area contributed by atoms with Crippen LogP contribution in [0.1, 0.15) is 40.2 Å². The fourth-order valence-corrected chi connectivity index (χ4v) is 4.32. The highest BCUT2D eigenvalue weighted by Crippen LogP contribution is 2.44. The Kier molecular flexibility index (Phi) is 3.94. The van der Waals surface area contributed by atoms with Crippen LogP contribution in [-0.4, -0.2) is 17.1 Å². The Bertz CT molecular complexity index is 528. The molecule has 2 saturated carbocycles. The summed E-state index contributed by atoms with van der Waals surface area (Å²) in [6.07, 6.45) is 5.23. The zero-order chi connectivity index (χ0) is 14.1. The van der Waals surface area contributed by atoms with E-state index >= 15 is 0 Å². The predicted octanol–water partition coefficient (Wildman–Crippen LogP) is 2.35. The highest BCUT2D eigenvalue weighted by molar-refractivity contribution is 7.80. The van der Waals surface area contributed by atoms with Gasteiger partial charge >= 0.3 is 0 Å². The van der Waals surface area contributed by atoms with Crippen LogP contribution in [0.25, 0.3) is 0 Å². The first-order valence-corrected chi connectivity index (χ1v) is 8.27. The molecule has 2 bridgehead atoms. The van der Waals surface area contributed by atoms with Crippen LogP contribution in [0.4, 0.5) is 0 Å². The van der Waals surface area contributed by atoms with Crippen LogP contribution in [0.3, 0.4) is 0 Å². The lowest BCUT2D eigenvalue weighted by Gasteiger charge is -2.24. The minimum absolute atomic E-state index is 0.139. The molecule has 1 amide bonds. The van der Waals surface area contributed by atoms with Crippen molar-refractivity contribution < 1.29 is 4.79 Å². The lowest BCUT2D eigenvalue weighted by atomic mass is 9.96. The van der Waals surface area contributed by atoms with E-state index in [0.717, 1.165) is 16.7 Å². The van der Waals surface area contributed by atoms with Gasteiger partial charge in [0, 0.05) is 10.9 Å². The second-order valence-electron chi connectivity index (χ2n) is 5.74. The van der Waals surface area contributed by atoms with E-state index in [1.54, 1.807) is 0 Å². The van der Waals surface area contributed by atoms with Crippen molar-refractivity contribution >= 4 is 34.6 Å². The van der Waals surface area contributed by atoms with Crippen LogP contribution in [0.5, 0.6) is 0 Å². The number of hydrazine groups is 1. The summed E-state index contributed by atoms with van der Waals surface area (Å²) < 4.78 is 0. The van der Waals surface area contributed by atoms with Crippen LogP contribution in [0.15, 0.2) is 12.1 Å². The zero-order valence-electron chi connectivity index (χ0n) is 11.4. The van der Waals surface area contributed by atoms with Crippen molar-refractivity contribution in [2.45, 2.75) is 38.6 Å². The maximum atomic E-state index is 11.9. The average molecular weight is 309 g/mol. The number of rotatable bonds is 2. The van der Waals surface area contributed by atoms with E-state index in [1.807, 2.05) is 19.1 Å². The third-order valence-corrected chi connectivity index (χ3v) is 5.53. The van der Waals surface area contributed by atoms with Gasteiger partial charge in [0.15, 0.2) is 5.11 Å². The van der Waals surface area contributed by atoms with Crippen molar-refractivity contribution in [1.29, 1.82) is 0 Å². The molecule has 4 nitrogen and oxygen atoms in total. The number of fused-ring (bicyclic) bond motifs is 2. The molecule has 1 aromatic heterocycles. The van der Waals surface area contributed by atoms with E-state index < -0.39 is 0 Å². The highest BCUT2D eigenvalue weighted by Gasteiger charge is 2.39. The molecular formula is C14H19N3OS2. The van der Waals surface area contributed by atoms with Crippen molar-refractivity contribution in [2.24, 2.45) is 11.8 Å².